The summed E-state index contributed by atoms with van der Waals surface area (Å²) in [7, 11) is 1.55. The minimum Gasteiger partial charge on any atom is -0.491 e. The minimum atomic E-state index is -4.48. The summed E-state index contributed by atoms with van der Waals surface area (Å²) in [5.41, 5.74) is 4.72. The van der Waals surface area contributed by atoms with Gasteiger partial charge in [-0.1, -0.05) is 15.9 Å². The first-order chi connectivity index (χ1) is 10.3. The van der Waals surface area contributed by atoms with Crippen LogP contribution in [-0.4, -0.2) is 39.4 Å². The Morgan fingerprint density at radius 1 is 1.36 bits per heavy atom. The molecule has 22 heavy (non-hydrogen) atoms. The van der Waals surface area contributed by atoms with Crippen LogP contribution in [-0.2, 0) is 10.9 Å². The average Bonchev–Trinajstić information content (AvgIpc) is 2.44. The molecule has 0 heterocycles. The van der Waals surface area contributed by atoms with Crippen molar-refractivity contribution >= 4 is 21.9 Å². The van der Waals surface area contributed by atoms with Gasteiger partial charge in [-0.15, -0.1) is 0 Å². The third-order valence-electron chi connectivity index (χ3n) is 2.49. The Labute approximate surface area is 134 Å². The van der Waals surface area contributed by atoms with Gasteiger partial charge in [0.05, 0.1) is 25.3 Å². The summed E-state index contributed by atoms with van der Waals surface area (Å²) < 4.78 is 48.9. The molecule has 0 saturated heterocycles. The number of guanidine groups is 1. The smallest absolute Gasteiger partial charge is 0.420 e. The summed E-state index contributed by atoms with van der Waals surface area (Å²) in [6.07, 6.45) is -4.48. The van der Waals surface area contributed by atoms with Crippen LogP contribution in [0.2, 0.25) is 0 Å². The second kappa shape index (κ2) is 8.84. The number of alkyl halides is 3. The molecule has 0 aliphatic rings. The Morgan fingerprint density at radius 3 is 2.73 bits per heavy atom. The van der Waals surface area contributed by atoms with E-state index in [0.717, 1.165) is 6.07 Å². The Balaban J connectivity index is 2.50. The number of rotatable bonds is 7. The van der Waals surface area contributed by atoms with Crippen LogP contribution in [0.25, 0.3) is 0 Å². The largest absolute Gasteiger partial charge is 0.491 e. The molecule has 5 nitrogen and oxygen atoms in total. The second-order valence-corrected chi connectivity index (χ2v) is 5.09. The fraction of sp³-hybridized carbons (Fsp3) is 0.462. The molecule has 0 aliphatic carbocycles. The Kier molecular flexibility index (Phi) is 7.46. The molecule has 3 N–H and O–H groups in total. The predicted molar refractivity (Wildman–Crippen MR) is 81.0 cm³/mol. The summed E-state index contributed by atoms with van der Waals surface area (Å²) in [6.45, 7) is 1.09. The van der Waals surface area contributed by atoms with Gasteiger partial charge in [-0.05, 0) is 18.2 Å². The molecule has 0 bridgehead atoms. The van der Waals surface area contributed by atoms with Gasteiger partial charge >= 0.3 is 6.18 Å². The Morgan fingerprint density at radius 2 is 2.09 bits per heavy atom. The molecule has 0 aliphatic heterocycles. The maximum absolute atomic E-state index is 12.9. The van der Waals surface area contributed by atoms with E-state index in [2.05, 4.69) is 26.2 Å². The van der Waals surface area contributed by atoms with Crippen molar-refractivity contribution in [2.75, 3.05) is 33.4 Å². The molecule has 0 fully saturated rings. The highest BCUT2D eigenvalue weighted by Gasteiger charge is 2.34. The highest BCUT2D eigenvalue weighted by molar-refractivity contribution is 9.10. The van der Waals surface area contributed by atoms with E-state index in [1.165, 1.54) is 12.1 Å². The fourth-order valence-electron chi connectivity index (χ4n) is 1.50. The topological polar surface area (TPSA) is 68.9 Å². The van der Waals surface area contributed by atoms with Gasteiger partial charge in [0.25, 0.3) is 0 Å². The zero-order valence-corrected chi connectivity index (χ0v) is 13.5. The number of hydrogen-bond acceptors (Lipinski definition) is 3. The highest BCUT2D eigenvalue weighted by atomic mass is 79.9. The summed E-state index contributed by atoms with van der Waals surface area (Å²) in [4.78, 5) is 3.94. The van der Waals surface area contributed by atoms with Crippen LogP contribution in [0.4, 0.5) is 13.2 Å². The maximum Gasteiger partial charge on any atom is 0.420 e. The molecule has 0 amide bonds. The number of methoxy groups -OCH3 is 1. The van der Waals surface area contributed by atoms with E-state index in [1.54, 1.807) is 7.11 Å². The fourth-order valence-corrected chi connectivity index (χ4v) is 1.86. The first kappa shape index (κ1) is 18.6. The van der Waals surface area contributed by atoms with Crippen LogP contribution in [0.3, 0.4) is 0 Å². The van der Waals surface area contributed by atoms with Gasteiger partial charge in [0, 0.05) is 11.6 Å². The van der Waals surface area contributed by atoms with Crippen LogP contribution < -0.4 is 15.8 Å². The molecule has 0 aromatic heterocycles. The van der Waals surface area contributed by atoms with Gasteiger partial charge in [-0.3, -0.25) is 4.99 Å². The number of benzene rings is 1. The monoisotopic (exact) mass is 383 g/mol. The van der Waals surface area contributed by atoms with Crippen molar-refractivity contribution in [2.24, 2.45) is 10.7 Å². The van der Waals surface area contributed by atoms with Crippen LogP contribution >= 0.6 is 15.9 Å². The molecule has 0 spiro atoms. The zero-order chi connectivity index (χ0) is 16.6. The van der Waals surface area contributed by atoms with Crippen LogP contribution in [0.1, 0.15) is 5.56 Å². The average molecular weight is 384 g/mol. The lowest BCUT2D eigenvalue weighted by Crippen LogP contribution is -2.35. The minimum absolute atomic E-state index is 0.0191. The normalized spacial score (nSPS) is 12.3. The third kappa shape index (κ3) is 6.52. The van der Waals surface area contributed by atoms with Gasteiger partial charge in [-0.25, -0.2) is 0 Å². The van der Waals surface area contributed by atoms with Gasteiger partial charge in [0.2, 0.25) is 0 Å². The van der Waals surface area contributed by atoms with Crippen molar-refractivity contribution in [1.82, 2.24) is 5.32 Å². The van der Waals surface area contributed by atoms with Gasteiger partial charge in [0.1, 0.15) is 12.4 Å². The molecular formula is C13H17BrF3N3O2. The second-order valence-electron chi connectivity index (χ2n) is 4.17. The van der Waals surface area contributed by atoms with E-state index >= 15 is 0 Å². The lowest BCUT2D eigenvalue weighted by molar-refractivity contribution is -0.139. The van der Waals surface area contributed by atoms with Crippen molar-refractivity contribution < 1.29 is 22.6 Å². The van der Waals surface area contributed by atoms with Crippen molar-refractivity contribution in [1.29, 1.82) is 0 Å². The van der Waals surface area contributed by atoms with Gasteiger partial charge in [-0.2, -0.15) is 13.2 Å². The molecule has 0 saturated carbocycles. The third-order valence-corrected chi connectivity index (χ3v) is 2.98. The van der Waals surface area contributed by atoms with Crippen molar-refractivity contribution in [3.05, 3.63) is 28.2 Å². The van der Waals surface area contributed by atoms with E-state index in [-0.39, 0.29) is 24.9 Å². The van der Waals surface area contributed by atoms with Crippen LogP contribution in [0.5, 0.6) is 5.75 Å². The number of ether oxygens (including phenoxy) is 2. The molecule has 0 atom stereocenters. The van der Waals surface area contributed by atoms with E-state index in [1.807, 2.05) is 0 Å². The molecule has 9 heteroatoms. The molecular weight excluding hydrogens is 367 g/mol. The highest BCUT2D eigenvalue weighted by Crippen LogP contribution is 2.37. The number of nitrogens with zero attached hydrogens (tertiary/aromatic N) is 1. The first-order valence-corrected chi connectivity index (χ1v) is 7.16. The molecule has 1 aromatic rings. The number of hydrogen-bond donors (Lipinski definition) is 2. The maximum atomic E-state index is 12.9. The molecule has 1 rings (SSSR count). The lowest BCUT2D eigenvalue weighted by atomic mass is 10.2. The van der Waals surface area contributed by atoms with Gasteiger partial charge < -0.3 is 20.5 Å². The molecule has 124 valence electrons. The number of aliphatic imine (C=N–C) groups is 1. The summed E-state index contributed by atoms with van der Waals surface area (Å²) in [5.74, 6) is -0.0418. The SMILES string of the molecule is COCCN=C(N)NCCOc1ccc(Br)cc1C(F)(F)F. The standard InChI is InChI=1S/C13H17BrF3N3O2/c1-21-6-4-19-12(18)20-5-7-22-11-3-2-9(14)8-10(11)13(15,16)17/h2-3,8H,4-7H2,1H3,(H3,18,19,20). The molecule has 0 unspecified atom stereocenters. The predicted octanol–water partition coefficient (Wildman–Crippen LogP) is 2.40. The number of halogens is 4. The first-order valence-electron chi connectivity index (χ1n) is 6.37. The molecule has 0 radical (unpaired) electrons. The summed E-state index contributed by atoms with van der Waals surface area (Å²) in [6, 6.07) is 3.73. The van der Waals surface area contributed by atoms with Crippen molar-refractivity contribution in [2.45, 2.75) is 6.18 Å². The van der Waals surface area contributed by atoms with E-state index in [9.17, 15) is 13.2 Å². The van der Waals surface area contributed by atoms with Crippen molar-refractivity contribution in [3.8, 4) is 5.75 Å². The quantitative estimate of drug-likeness (QED) is 0.431. The Bertz CT molecular complexity index is 510. The van der Waals surface area contributed by atoms with E-state index in [4.69, 9.17) is 15.2 Å². The van der Waals surface area contributed by atoms with Gasteiger partial charge in [0.15, 0.2) is 5.96 Å². The number of nitrogens with one attached hydrogen (secondary N) is 1. The van der Waals surface area contributed by atoms with E-state index < -0.39 is 11.7 Å². The summed E-state index contributed by atoms with van der Waals surface area (Å²) >= 11 is 3.01. The lowest BCUT2D eigenvalue weighted by Gasteiger charge is -2.14. The van der Waals surface area contributed by atoms with Crippen molar-refractivity contribution in [3.63, 3.8) is 0 Å². The number of nitrogens with two attached hydrogens (primary N) is 1. The zero-order valence-electron chi connectivity index (χ0n) is 11.9. The van der Waals surface area contributed by atoms with E-state index in [0.29, 0.717) is 17.6 Å². The summed E-state index contributed by atoms with van der Waals surface area (Å²) in [5, 5.41) is 2.74. The molecule has 1 aromatic carbocycles. The Hall–Kier alpha value is -1.48. The van der Waals surface area contributed by atoms with Crippen LogP contribution in [0, 0.1) is 0 Å². The van der Waals surface area contributed by atoms with Crippen LogP contribution in [0.15, 0.2) is 27.7 Å².